The standard InChI is InChI=1S/C17H24N4O3S2.ClH/c18-17(8-2-3-9-17)16-19-14(24-20-16)12-13-6-7-15(25-13)26(22,23)21-10-4-1-5-11-21;/h6-7H,1-5,8-12,18H2;1H. The normalized spacial score (nSPS) is 20.5. The van der Waals surface area contributed by atoms with E-state index < -0.39 is 15.6 Å². The topological polar surface area (TPSA) is 102 Å². The number of nitrogens with two attached hydrogens (primary N) is 1. The Kier molecular flexibility index (Phi) is 6.27. The van der Waals surface area contributed by atoms with Crippen molar-refractivity contribution in [2.45, 2.75) is 61.1 Å². The average molecular weight is 433 g/mol. The van der Waals surface area contributed by atoms with Gasteiger partial charge in [-0.2, -0.15) is 9.29 Å². The van der Waals surface area contributed by atoms with E-state index in [1.807, 2.05) is 6.07 Å². The molecule has 0 unspecified atom stereocenters. The molecule has 1 saturated heterocycles. The molecule has 10 heteroatoms. The van der Waals surface area contributed by atoms with Gasteiger partial charge in [-0.15, -0.1) is 23.7 Å². The zero-order chi connectivity index (χ0) is 18.2. The summed E-state index contributed by atoms with van der Waals surface area (Å²) in [7, 11) is -3.39. The molecule has 2 aromatic rings. The first-order valence-electron chi connectivity index (χ1n) is 9.18. The van der Waals surface area contributed by atoms with Gasteiger partial charge in [-0.3, -0.25) is 0 Å². The van der Waals surface area contributed by atoms with E-state index in [2.05, 4.69) is 10.1 Å². The number of halogens is 1. The summed E-state index contributed by atoms with van der Waals surface area (Å²) in [6.45, 7) is 1.22. The molecule has 1 aliphatic carbocycles. The van der Waals surface area contributed by atoms with Crippen molar-refractivity contribution in [1.82, 2.24) is 14.4 Å². The molecule has 4 rings (SSSR count). The van der Waals surface area contributed by atoms with E-state index in [0.29, 0.717) is 35.4 Å². The second kappa shape index (κ2) is 8.16. The van der Waals surface area contributed by atoms with Crippen molar-refractivity contribution in [1.29, 1.82) is 0 Å². The Morgan fingerprint density at radius 1 is 1.15 bits per heavy atom. The predicted octanol–water partition coefficient (Wildman–Crippen LogP) is 3.05. The fourth-order valence-corrected chi connectivity index (χ4v) is 6.75. The molecule has 0 atom stereocenters. The molecular formula is C17H25ClN4O3S2. The van der Waals surface area contributed by atoms with Gasteiger partial charge in [-0.25, -0.2) is 8.42 Å². The van der Waals surface area contributed by atoms with Crippen LogP contribution in [0.25, 0.3) is 0 Å². The van der Waals surface area contributed by atoms with Crippen LogP contribution in [0.3, 0.4) is 0 Å². The molecule has 2 N–H and O–H groups in total. The highest BCUT2D eigenvalue weighted by molar-refractivity contribution is 7.91. The van der Waals surface area contributed by atoms with Crippen LogP contribution in [-0.2, 0) is 22.0 Å². The average Bonchev–Trinajstić information content (AvgIpc) is 3.38. The van der Waals surface area contributed by atoms with Crippen molar-refractivity contribution in [3.8, 4) is 0 Å². The molecule has 0 amide bonds. The van der Waals surface area contributed by atoms with Crippen LogP contribution < -0.4 is 5.73 Å². The minimum absolute atomic E-state index is 0. The largest absolute Gasteiger partial charge is 0.339 e. The third-order valence-electron chi connectivity index (χ3n) is 5.28. The highest BCUT2D eigenvalue weighted by Crippen LogP contribution is 2.35. The highest BCUT2D eigenvalue weighted by atomic mass is 35.5. The summed E-state index contributed by atoms with van der Waals surface area (Å²) >= 11 is 1.28. The second-order valence-electron chi connectivity index (χ2n) is 7.24. The number of sulfonamides is 1. The summed E-state index contributed by atoms with van der Waals surface area (Å²) in [5, 5.41) is 4.06. The molecule has 0 spiro atoms. The van der Waals surface area contributed by atoms with Gasteiger partial charge in [0.2, 0.25) is 5.89 Å². The summed E-state index contributed by atoms with van der Waals surface area (Å²) in [5.41, 5.74) is 5.89. The summed E-state index contributed by atoms with van der Waals surface area (Å²) in [4.78, 5) is 5.36. The number of aromatic nitrogens is 2. The van der Waals surface area contributed by atoms with Gasteiger partial charge in [-0.05, 0) is 37.8 Å². The van der Waals surface area contributed by atoms with E-state index in [9.17, 15) is 8.42 Å². The number of piperidine rings is 1. The van der Waals surface area contributed by atoms with E-state index in [-0.39, 0.29) is 12.4 Å². The van der Waals surface area contributed by atoms with Gasteiger partial charge in [0.25, 0.3) is 10.0 Å². The van der Waals surface area contributed by atoms with Crippen molar-refractivity contribution in [3.05, 3.63) is 28.7 Å². The molecule has 1 saturated carbocycles. The van der Waals surface area contributed by atoms with E-state index in [1.165, 1.54) is 11.3 Å². The number of nitrogens with zero attached hydrogens (tertiary/aromatic N) is 3. The molecule has 27 heavy (non-hydrogen) atoms. The second-order valence-corrected chi connectivity index (χ2v) is 10.6. The van der Waals surface area contributed by atoms with Crippen LogP contribution in [0, 0.1) is 0 Å². The number of hydrogen-bond acceptors (Lipinski definition) is 7. The zero-order valence-corrected chi connectivity index (χ0v) is 17.5. The van der Waals surface area contributed by atoms with Gasteiger partial charge in [-0.1, -0.05) is 24.4 Å². The summed E-state index contributed by atoms with van der Waals surface area (Å²) < 4.78 is 32.8. The van der Waals surface area contributed by atoms with E-state index in [0.717, 1.165) is 49.8 Å². The van der Waals surface area contributed by atoms with Crippen LogP contribution in [0.5, 0.6) is 0 Å². The molecule has 2 aromatic heterocycles. The molecular weight excluding hydrogens is 408 g/mol. The summed E-state index contributed by atoms with van der Waals surface area (Å²) in [6.07, 6.45) is 7.33. The minimum Gasteiger partial charge on any atom is -0.339 e. The Morgan fingerprint density at radius 2 is 1.85 bits per heavy atom. The van der Waals surface area contributed by atoms with Crippen molar-refractivity contribution in [2.24, 2.45) is 5.73 Å². The van der Waals surface area contributed by atoms with Crippen LogP contribution in [0.1, 0.15) is 61.5 Å². The van der Waals surface area contributed by atoms with Crippen molar-refractivity contribution in [2.75, 3.05) is 13.1 Å². The van der Waals surface area contributed by atoms with Gasteiger partial charge in [0, 0.05) is 18.0 Å². The lowest BCUT2D eigenvalue weighted by Crippen LogP contribution is -2.35. The fraction of sp³-hybridized carbons (Fsp3) is 0.647. The number of hydrogen-bond donors (Lipinski definition) is 1. The van der Waals surface area contributed by atoms with Crippen molar-refractivity contribution < 1.29 is 12.9 Å². The summed E-state index contributed by atoms with van der Waals surface area (Å²) in [6, 6.07) is 3.52. The fourth-order valence-electron chi connectivity index (χ4n) is 3.73. The zero-order valence-electron chi connectivity index (χ0n) is 15.1. The molecule has 0 aromatic carbocycles. The quantitative estimate of drug-likeness (QED) is 0.778. The lowest BCUT2D eigenvalue weighted by molar-refractivity contribution is 0.347. The minimum atomic E-state index is -3.39. The number of thiophene rings is 1. The van der Waals surface area contributed by atoms with Crippen LogP contribution >= 0.6 is 23.7 Å². The van der Waals surface area contributed by atoms with Crippen molar-refractivity contribution in [3.63, 3.8) is 0 Å². The van der Waals surface area contributed by atoms with E-state index >= 15 is 0 Å². The Labute approximate surface area is 169 Å². The summed E-state index contributed by atoms with van der Waals surface area (Å²) in [5.74, 6) is 1.06. The Morgan fingerprint density at radius 3 is 2.56 bits per heavy atom. The van der Waals surface area contributed by atoms with Gasteiger partial charge in [0.1, 0.15) is 4.21 Å². The maximum atomic E-state index is 12.7. The lowest BCUT2D eigenvalue weighted by atomic mass is 9.99. The third kappa shape index (κ3) is 4.22. The van der Waals surface area contributed by atoms with Gasteiger partial charge in [0.05, 0.1) is 12.0 Å². The smallest absolute Gasteiger partial charge is 0.252 e. The van der Waals surface area contributed by atoms with E-state index in [4.69, 9.17) is 10.3 Å². The SMILES string of the molecule is Cl.NC1(c2noc(Cc3ccc(S(=O)(=O)N4CCCCC4)s3)n2)CCCC1. The molecule has 2 aliphatic rings. The Balaban J connectivity index is 0.00000210. The first-order chi connectivity index (χ1) is 12.5. The molecule has 1 aliphatic heterocycles. The van der Waals surface area contributed by atoms with Gasteiger partial charge in [0.15, 0.2) is 5.82 Å². The molecule has 7 nitrogen and oxygen atoms in total. The number of rotatable bonds is 5. The van der Waals surface area contributed by atoms with E-state index in [1.54, 1.807) is 10.4 Å². The monoisotopic (exact) mass is 432 g/mol. The third-order valence-corrected chi connectivity index (χ3v) is 8.73. The van der Waals surface area contributed by atoms with Gasteiger partial charge >= 0.3 is 0 Å². The molecule has 3 heterocycles. The highest BCUT2D eigenvalue weighted by Gasteiger charge is 2.36. The molecule has 150 valence electrons. The maximum absolute atomic E-state index is 12.7. The Hall–Kier alpha value is -1.00. The lowest BCUT2D eigenvalue weighted by Gasteiger charge is -2.25. The van der Waals surface area contributed by atoms with Crippen molar-refractivity contribution >= 4 is 33.8 Å². The Bertz CT molecular complexity index is 868. The maximum Gasteiger partial charge on any atom is 0.252 e. The molecule has 2 fully saturated rings. The molecule has 0 bridgehead atoms. The van der Waals surface area contributed by atoms with Gasteiger partial charge < -0.3 is 10.3 Å². The van der Waals surface area contributed by atoms with Crippen LogP contribution in [0.15, 0.2) is 20.9 Å². The first-order valence-corrected chi connectivity index (χ1v) is 11.4. The molecule has 0 radical (unpaired) electrons. The van der Waals surface area contributed by atoms with Crippen LogP contribution in [-0.4, -0.2) is 36.0 Å². The van der Waals surface area contributed by atoms with Crippen LogP contribution in [0.2, 0.25) is 0 Å². The predicted molar refractivity (Wildman–Crippen MR) is 106 cm³/mol. The first kappa shape index (κ1) is 20.7. The van der Waals surface area contributed by atoms with Crippen LogP contribution in [0.4, 0.5) is 0 Å².